The van der Waals surface area contributed by atoms with Crippen molar-refractivity contribution < 1.29 is 0 Å². The van der Waals surface area contributed by atoms with Crippen LogP contribution in [0.15, 0.2) is 194 Å². The van der Waals surface area contributed by atoms with Gasteiger partial charge in [0.15, 0.2) is 0 Å². The summed E-state index contributed by atoms with van der Waals surface area (Å²) in [5.74, 6) is 0. The first-order valence-corrected chi connectivity index (χ1v) is 20.6. The van der Waals surface area contributed by atoms with Crippen LogP contribution in [-0.2, 0) is 0 Å². The quantitative estimate of drug-likeness (QED) is 0.158. The van der Waals surface area contributed by atoms with E-state index in [9.17, 15) is 0 Å². The van der Waals surface area contributed by atoms with Crippen molar-refractivity contribution in [1.82, 2.24) is 0 Å². The Morgan fingerprint density at radius 1 is 0.246 bits per heavy atom. The van der Waals surface area contributed by atoms with Crippen molar-refractivity contribution >= 4 is 107 Å². The fourth-order valence-corrected chi connectivity index (χ4v) is 11.2. The molecule has 13 aromatic rings. The Hall–Kier alpha value is -7.06. The standard InChI is InChI=1S/C56H32S/c1-2-9-33(10-3-1)40-23-18-35-21-27-47-41(24-19-36-20-26-46(40)54(35)55(36)47)39-13-8-12-37(29-39)38-22-25-45-49(30-38)43-15-6-7-16-44(43)50-31-52-48-28-17-34-11-4-5-14-42(34)56(48)57-53(52)32-51(45)50/h1-32H. The van der Waals surface area contributed by atoms with Gasteiger partial charge >= 0.3 is 0 Å². The molecule has 1 aromatic heterocycles. The molecule has 13 rings (SSSR count). The molecule has 0 unspecified atom stereocenters. The van der Waals surface area contributed by atoms with E-state index in [1.807, 2.05) is 11.3 Å². The molecule has 0 radical (unpaired) electrons. The highest BCUT2D eigenvalue weighted by Crippen LogP contribution is 2.46. The Bertz CT molecular complexity index is 3790. The van der Waals surface area contributed by atoms with E-state index in [2.05, 4.69) is 194 Å². The molecule has 0 atom stereocenters. The molecule has 0 aliphatic rings. The van der Waals surface area contributed by atoms with E-state index in [4.69, 9.17) is 0 Å². The molecule has 0 aliphatic carbocycles. The minimum absolute atomic E-state index is 1.22. The highest BCUT2D eigenvalue weighted by molar-refractivity contribution is 7.26. The van der Waals surface area contributed by atoms with Gasteiger partial charge in [-0.25, -0.2) is 0 Å². The van der Waals surface area contributed by atoms with Crippen molar-refractivity contribution in [2.24, 2.45) is 0 Å². The van der Waals surface area contributed by atoms with Crippen LogP contribution in [0.4, 0.5) is 0 Å². The van der Waals surface area contributed by atoms with Crippen LogP contribution in [-0.4, -0.2) is 0 Å². The van der Waals surface area contributed by atoms with Gasteiger partial charge in [0, 0.05) is 20.2 Å². The molecular weight excluding hydrogens is 705 g/mol. The minimum Gasteiger partial charge on any atom is -0.135 e. The summed E-state index contributed by atoms with van der Waals surface area (Å²) < 4.78 is 2.71. The molecule has 262 valence electrons. The third kappa shape index (κ3) is 4.49. The van der Waals surface area contributed by atoms with Crippen molar-refractivity contribution in [2.45, 2.75) is 0 Å². The average molecular weight is 737 g/mol. The zero-order valence-corrected chi connectivity index (χ0v) is 31.7. The van der Waals surface area contributed by atoms with Crippen LogP contribution < -0.4 is 0 Å². The van der Waals surface area contributed by atoms with E-state index in [0.717, 1.165) is 0 Å². The number of thiophene rings is 1. The lowest BCUT2D eigenvalue weighted by atomic mass is 9.86. The second-order valence-corrected chi connectivity index (χ2v) is 16.6. The molecule has 0 N–H and O–H groups in total. The van der Waals surface area contributed by atoms with Crippen LogP contribution in [0.2, 0.25) is 0 Å². The molecule has 0 nitrogen and oxygen atoms in total. The van der Waals surface area contributed by atoms with Gasteiger partial charge in [0.2, 0.25) is 0 Å². The zero-order chi connectivity index (χ0) is 37.2. The molecule has 57 heavy (non-hydrogen) atoms. The molecule has 12 aromatic carbocycles. The van der Waals surface area contributed by atoms with Gasteiger partial charge in [0.25, 0.3) is 0 Å². The van der Waals surface area contributed by atoms with Crippen LogP contribution in [0.25, 0.3) is 129 Å². The minimum atomic E-state index is 1.22. The van der Waals surface area contributed by atoms with Crippen molar-refractivity contribution in [3.05, 3.63) is 194 Å². The predicted molar refractivity (Wildman–Crippen MR) is 249 cm³/mol. The Kier molecular flexibility index (Phi) is 6.41. The third-order valence-corrected chi connectivity index (χ3v) is 13.8. The lowest BCUT2D eigenvalue weighted by molar-refractivity contribution is 1.63. The van der Waals surface area contributed by atoms with Gasteiger partial charge in [0.1, 0.15) is 0 Å². The average Bonchev–Trinajstić information content (AvgIpc) is 3.66. The second kappa shape index (κ2) is 11.7. The van der Waals surface area contributed by atoms with Gasteiger partial charge in [0.05, 0.1) is 0 Å². The first-order chi connectivity index (χ1) is 28.2. The lowest BCUT2D eigenvalue weighted by Crippen LogP contribution is -1.90. The molecular formula is C56H32S. The van der Waals surface area contributed by atoms with Crippen LogP contribution in [0.3, 0.4) is 0 Å². The Morgan fingerprint density at radius 2 is 0.772 bits per heavy atom. The number of hydrogen-bond donors (Lipinski definition) is 0. The molecule has 0 fully saturated rings. The van der Waals surface area contributed by atoms with Crippen LogP contribution >= 0.6 is 11.3 Å². The smallest absolute Gasteiger partial charge is 0.0433 e. The summed E-state index contributed by atoms with van der Waals surface area (Å²) in [4.78, 5) is 0. The Morgan fingerprint density at radius 3 is 1.54 bits per heavy atom. The van der Waals surface area contributed by atoms with Gasteiger partial charge in [-0.3, -0.25) is 0 Å². The van der Waals surface area contributed by atoms with Gasteiger partial charge in [-0.15, -0.1) is 11.3 Å². The summed E-state index contributed by atoms with van der Waals surface area (Å²) >= 11 is 1.92. The number of hydrogen-bond acceptors (Lipinski definition) is 1. The second-order valence-electron chi connectivity index (χ2n) is 15.6. The van der Waals surface area contributed by atoms with Gasteiger partial charge in [-0.1, -0.05) is 170 Å². The van der Waals surface area contributed by atoms with Crippen molar-refractivity contribution in [1.29, 1.82) is 0 Å². The Balaban J connectivity index is 0.988. The predicted octanol–water partition coefficient (Wildman–Crippen LogP) is 16.6. The highest BCUT2D eigenvalue weighted by atomic mass is 32.1. The summed E-state index contributed by atoms with van der Waals surface area (Å²) in [5, 5.41) is 21.0. The molecule has 0 aliphatic heterocycles. The maximum absolute atomic E-state index is 2.45. The van der Waals surface area contributed by atoms with E-state index in [-0.39, 0.29) is 0 Å². The summed E-state index contributed by atoms with van der Waals surface area (Å²) in [5.41, 5.74) is 7.49. The zero-order valence-electron chi connectivity index (χ0n) is 30.9. The molecule has 0 bridgehead atoms. The summed E-state index contributed by atoms with van der Waals surface area (Å²) in [7, 11) is 0. The fraction of sp³-hybridized carbons (Fsp3) is 0. The van der Waals surface area contributed by atoms with Crippen molar-refractivity contribution in [3.63, 3.8) is 0 Å². The van der Waals surface area contributed by atoms with E-state index >= 15 is 0 Å². The normalized spacial score (nSPS) is 12.2. The molecule has 0 spiro atoms. The lowest BCUT2D eigenvalue weighted by Gasteiger charge is -2.17. The van der Waals surface area contributed by atoms with Crippen LogP contribution in [0, 0.1) is 0 Å². The van der Waals surface area contributed by atoms with E-state index < -0.39 is 0 Å². The highest BCUT2D eigenvalue weighted by Gasteiger charge is 2.17. The Labute approximate surface area is 332 Å². The molecule has 1 heterocycles. The van der Waals surface area contributed by atoms with E-state index in [1.165, 1.54) is 129 Å². The van der Waals surface area contributed by atoms with E-state index in [1.54, 1.807) is 0 Å². The number of fused-ring (bicyclic) bond motifs is 11. The van der Waals surface area contributed by atoms with Crippen molar-refractivity contribution in [2.75, 3.05) is 0 Å². The van der Waals surface area contributed by atoms with E-state index in [0.29, 0.717) is 0 Å². The molecule has 0 saturated carbocycles. The molecule has 0 amide bonds. The number of benzene rings is 12. The molecule has 0 saturated heterocycles. The largest absolute Gasteiger partial charge is 0.135 e. The van der Waals surface area contributed by atoms with Crippen LogP contribution in [0.1, 0.15) is 0 Å². The molecule has 1 heteroatoms. The third-order valence-electron chi connectivity index (χ3n) is 12.6. The van der Waals surface area contributed by atoms with Gasteiger partial charge < -0.3 is 0 Å². The maximum Gasteiger partial charge on any atom is 0.0433 e. The topological polar surface area (TPSA) is 0 Å². The van der Waals surface area contributed by atoms with Crippen LogP contribution in [0.5, 0.6) is 0 Å². The summed E-state index contributed by atoms with van der Waals surface area (Å²) in [6.45, 7) is 0. The first-order valence-electron chi connectivity index (χ1n) is 19.7. The van der Waals surface area contributed by atoms with Crippen molar-refractivity contribution in [3.8, 4) is 33.4 Å². The van der Waals surface area contributed by atoms with Gasteiger partial charge in [-0.05, 0) is 133 Å². The monoisotopic (exact) mass is 736 g/mol. The summed E-state index contributed by atoms with van der Waals surface area (Å²) in [6.07, 6.45) is 0. The fourth-order valence-electron chi connectivity index (χ4n) is 9.92. The maximum atomic E-state index is 2.45. The SMILES string of the molecule is c1ccc(-c2ccc3ccc4c(-c5cccc(-c6ccc7c(c6)c6ccccc6c6cc8c(cc76)sc6c7ccccc7ccc86)c5)ccc5ccc2c3c54)cc1. The first kappa shape index (κ1) is 31.2. The summed E-state index contributed by atoms with van der Waals surface area (Å²) in [6, 6.07) is 72.7. The van der Waals surface area contributed by atoms with Gasteiger partial charge in [-0.2, -0.15) is 0 Å². The number of rotatable bonds is 3.